The Kier molecular flexibility index (Phi) is 7.68. The minimum absolute atomic E-state index is 0.156. The van der Waals surface area contributed by atoms with Crippen LogP contribution in [-0.2, 0) is 4.79 Å². The number of nitrogens with one attached hydrogen (secondary N) is 1. The molecule has 0 unspecified atom stereocenters. The molecule has 1 aromatic heterocycles. The Labute approximate surface area is 182 Å². The third-order valence-electron chi connectivity index (χ3n) is 3.69. The molecular formula is C20H21N3O3S3. The first-order valence-corrected chi connectivity index (χ1v) is 11.3. The van der Waals surface area contributed by atoms with Crippen LogP contribution in [0, 0.1) is 3.95 Å². The van der Waals surface area contributed by atoms with E-state index in [2.05, 4.69) is 10.4 Å². The highest BCUT2D eigenvalue weighted by atomic mass is 32.2. The van der Waals surface area contributed by atoms with E-state index in [1.807, 2.05) is 50.2 Å². The molecule has 0 radical (unpaired) electrons. The average Bonchev–Trinajstić information content (AvgIpc) is 3.10. The second kappa shape index (κ2) is 10.4. The Balaban J connectivity index is 1.66. The number of thioether (sulfide) groups is 1. The molecule has 1 amide bonds. The number of para-hydroxylation sites is 1. The van der Waals surface area contributed by atoms with Gasteiger partial charge in [0, 0.05) is 6.07 Å². The smallest absolute Gasteiger partial charge is 0.234 e. The van der Waals surface area contributed by atoms with Gasteiger partial charge in [-0.3, -0.25) is 4.79 Å². The highest BCUT2D eigenvalue weighted by molar-refractivity contribution is 8.01. The molecule has 0 aliphatic carbocycles. The second-order valence-corrected chi connectivity index (χ2v) is 8.59. The third-order valence-corrected chi connectivity index (χ3v) is 6.06. The summed E-state index contributed by atoms with van der Waals surface area (Å²) in [4.78, 5) is 12.5. The van der Waals surface area contributed by atoms with Crippen LogP contribution in [-0.4, -0.2) is 34.7 Å². The second-order valence-electron chi connectivity index (χ2n) is 5.74. The van der Waals surface area contributed by atoms with Gasteiger partial charge in [0.15, 0.2) is 8.29 Å². The molecule has 1 N–H and O–H groups in total. The number of carbonyl (C=O) groups excluding carboxylic acids is 1. The number of benzene rings is 2. The molecular weight excluding hydrogens is 426 g/mol. The maximum Gasteiger partial charge on any atom is 0.234 e. The Bertz CT molecular complexity index is 1020. The van der Waals surface area contributed by atoms with E-state index in [4.69, 9.17) is 21.7 Å². The fraction of sp³-hybridized carbons (Fsp3) is 0.250. The molecule has 152 valence electrons. The van der Waals surface area contributed by atoms with Gasteiger partial charge in [0.2, 0.25) is 5.91 Å². The lowest BCUT2D eigenvalue weighted by Crippen LogP contribution is -2.15. The molecule has 0 fully saturated rings. The fourth-order valence-electron chi connectivity index (χ4n) is 2.51. The summed E-state index contributed by atoms with van der Waals surface area (Å²) in [6, 6.07) is 15.1. The maximum atomic E-state index is 12.5. The molecule has 0 saturated heterocycles. The van der Waals surface area contributed by atoms with Crippen LogP contribution in [0.15, 0.2) is 52.9 Å². The van der Waals surface area contributed by atoms with Crippen LogP contribution in [0.5, 0.6) is 11.5 Å². The van der Waals surface area contributed by atoms with E-state index in [1.54, 1.807) is 16.8 Å². The Morgan fingerprint density at radius 3 is 2.66 bits per heavy atom. The molecule has 3 aromatic rings. The zero-order chi connectivity index (χ0) is 20.6. The first-order valence-electron chi connectivity index (χ1n) is 9.08. The van der Waals surface area contributed by atoms with Crippen molar-refractivity contribution in [2.75, 3.05) is 24.3 Å². The van der Waals surface area contributed by atoms with Gasteiger partial charge in [-0.25, -0.2) is 4.68 Å². The molecule has 0 aliphatic heterocycles. The molecule has 1 heterocycles. The number of hydrogen-bond acceptors (Lipinski definition) is 7. The van der Waals surface area contributed by atoms with Crippen LogP contribution in [0.1, 0.15) is 13.8 Å². The summed E-state index contributed by atoms with van der Waals surface area (Å²) in [6.07, 6.45) is 0. The lowest BCUT2D eigenvalue weighted by molar-refractivity contribution is -0.113. The van der Waals surface area contributed by atoms with Gasteiger partial charge in [0.05, 0.1) is 30.3 Å². The molecule has 0 bridgehead atoms. The van der Waals surface area contributed by atoms with Crippen molar-refractivity contribution < 1.29 is 14.3 Å². The van der Waals surface area contributed by atoms with Gasteiger partial charge in [-0.1, -0.05) is 41.3 Å². The number of anilines is 1. The Hall–Kier alpha value is -2.36. The monoisotopic (exact) mass is 447 g/mol. The van der Waals surface area contributed by atoms with Gasteiger partial charge in [-0.15, -0.1) is 5.10 Å². The van der Waals surface area contributed by atoms with E-state index >= 15 is 0 Å². The van der Waals surface area contributed by atoms with E-state index in [0.717, 1.165) is 10.0 Å². The van der Waals surface area contributed by atoms with Gasteiger partial charge in [-0.05, 0) is 50.3 Å². The first-order chi connectivity index (χ1) is 14.1. The summed E-state index contributed by atoms with van der Waals surface area (Å²) in [5.41, 5.74) is 1.49. The highest BCUT2D eigenvalue weighted by Gasteiger charge is 2.12. The van der Waals surface area contributed by atoms with E-state index in [9.17, 15) is 4.79 Å². The number of rotatable bonds is 9. The van der Waals surface area contributed by atoms with Crippen LogP contribution in [0.4, 0.5) is 5.69 Å². The molecule has 2 aromatic carbocycles. The zero-order valence-corrected chi connectivity index (χ0v) is 18.5. The summed E-state index contributed by atoms with van der Waals surface area (Å²) in [7, 11) is 0. The Morgan fingerprint density at radius 1 is 1.17 bits per heavy atom. The van der Waals surface area contributed by atoms with Gasteiger partial charge in [-0.2, -0.15) is 0 Å². The number of amides is 1. The summed E-state index contributed by atoms with van der Waals surface area (Å²) in [6.45, 7) is 4.86. The molecule has 0 spiro atoms. The van der Waals surface area contributed by atoms with Crippen molar-refractivity contribution in [3.8, 4) is 17.2 Å². The van der Waals surface area contributed by atoms with Crippen LogP contribution < -0.4 is 14.8 Å². The van der Waals surface area contributed by atoms with Gasteiger partial charge in [0.25, 0.3) is 0 Å². The lowest BCUT2D eigenvalue weighted by Gasteiger charge is -2.13. The van der Waals surface area contributed by atoms with E-state index < -0.39 is 0 Å². The first kappa shape index (κ1) is 21.4. The molecule has 9 heteroatoms. The highest BCUT2D eigenvalue weighted by Crippen LogP contribution is 2.30. The third kappa shape index (κ3) is 5.81. The summed E-state index contributed by atoms with van der Waals surface area (Å²) in [5, 5.41) is 7.41. The zero-order valence-electron chi connectivity index (χ0n) is 16.1. The van der Waals surface area contributed by atoms with Crippen molar-refractivity contribution in [2.45, 2.75) is 18.2 Å². The summed E-state index contributed by atoms with van der Waals surface area (Å²) in [5.74, 6) is 1.34. The largest absolute Gasteiger partial charge is 0.494 e. The van der Waals surface area contributed by atoms with Gasteiger partial charge >= 0.3 is 0 Å². The number of hydrogen-bond donors (Lipinski definition) is 1. The van der Waals surface area contributed by atoms with Crippen molar-refractivity contribution in [1.82, 2.24) is 9.78 Å². The average molecular weight is 448 g/mol. The predicted molar refractivity (Wildman–Crippen MR) is 120 cm³/mol. The van der Waals surface area contributed by atoms with E-state index in [1.165, 1.54) is 23.1 Å². The van der Waals surface area contributed by atoms with Crippen molar-refractivity contribution in [2.24, 2.45) is 0 Å². The van der Waals surface area contributed by atoms with Crippen LogP contribution in [0.25, 0.3) is 5.69 Å². The van der Waals surface area contributed by atoms with Gasteiger partial charge in [0.1, 0.15) is 11.5 Å². The number of ether oxygens (including phenoxy) is 2. The molecule has 3 rings (SSSR count). The Morgan fingerprint density at radius 2 is 1.93 bits per heavy atom. The molecule has 6 nitrogen and oxygen atoms in total. The maximum absolute atomic E-state index is 12.5. The molecule has 0 saturated carbocycles. The molecule has 29 heavy (non-hydrogen) atoms. The fourth-order valence-corrected chi connectivity index (χ4v) is 4.67. The topological polar surface area (TPSA) is 65.4 Å². The van der Waals surface area contributed by atoms with E-state index in [-0.39, 0.29) is 11.7 Å². The normalized spacial score (nSPS) is 10.6. The van der Waals surface area contributed by atoms with Gasteiger partial charge < -0.3 is 14.8 Å². The lowest BCUT2D eigenvalue weighted by atomic mass is 10.2. The standard InChI is InChI=1S/C20H21N3O3S3/c1-3-25-15-10-11-17(26-4-2)16(12-15)21-18(24)13-28-19-22-23(20(27)29-19)14-8-6-5-7-9-14/h5-12H,3-4,13H2,1-2H3,(H,21,24). The summed E-state index contributed by atoms with van der Waals surface area (Å²) >= 11 is 8.13. The van der Waals surface area contributed by atoms with E-state index in [0.29, 0.717) is 34.4 Å². The minimum atomic E-state index is -0.156. The number of aromatic nitrogens is 2. The summed E-state index contributed by atoms with van der Waals surface area (Å²) < 4.78 is 14.2. The SMILES string of the molecule is CCOc1ccc(OCC)c(NC(=O)CSc2nn(-c3ccccc3)c(=S)s2)c1. The van der Waals surface area contributed by atoms with Crippen LogP contribution in [0.2, 0.25) is 0 Å². The van der Waals surface area contributed by atoms with Crippen molar-refractivity contribution in [1.29, 1.82) is 0 Å². The van der Waals surface area contributed by atoms with Crippen LogP contribution >= 0.6 is 35.3 Å². The quantitative estimate of drug-likeness (QED) is 0.360. The van der Waals surface area contributed by atoms with Crippen molar-refractivity contribution in [3.63, 3.8) is 0 Å². The molecule has 0 atom stereocenters. The number of carbonyl (C=O) groups is 1. The number of nitrogens with zero attached hydrogens (tertiary/aromatic N) is 2. The molecule has 0 aliphatic rings. The van der Waals surface area contributed by atoms with Crippen molar-refractivity contribution in [3.05, 3.63) is 52.5 Å². The predicted octanol–water partition coefficient (Wildman–Crippen LogP) is 5.19. The van der Waals surface area contributed by atoms with Crippen LogP contribution in [0.3, 0.4) is 0 Å². The van der Waals surface area contributed by atoms with Crippen molar-refractivity contribution >= 4 is 46.9 Å². The minimum Gasteiger partial charge on any atom is -0.494 e.